The van der Waals surface area contributed by atoms with Crippen LogP contribution in [0.4, 0.5) is 0 Å². The van der Waals surface area contributed by atoms with Crippen molar-refractivity contribution < 1.29 is 14.3 Å². The number of aromatic nitrogens is 1. The zero-order valence-corrected chi connectivity index (χ0v) is 13.4. The molecule has 3 heterocycles. The number of likely N-dealkylation sites (tertiary alicyclic amines) is 1. The van der Waals surface area contributed by atoms with Crippen molar-refractivity contribution in [2.75, 3.05) is 13.2 Å². The molecule has 2 aliphatic rings. The van der Waals surface area contributed by atoms with Crippen molar-refractivity contribution in [2.24, 2.45) is 5.92 Å². The average molecular weight is 317 g/mol. The monoisotopic (exact) mass is 317 g/mol. The maximum Gasteiger partial charge on any atom is 0.225 e. The maximum atomic E-state index is 12.4. The molecule has 2 amide bonds. The Labute approximate surface area is 136 Å². The number of amides is 2. The number of nitrogens with one attached hydrogen (secondary N) is 1. The van der Waals surface area contributed by atoms with E-state index in [0.29, 0.717) is 13.1 Å². The second-order valence-electron chi connectivity index (χ2n) is 6.35. The van der Waals surface area contributed by atoms with Gasteiger partial charge in [0.05, 0.1) is 30.3 Å². The minimum absolute atomic E-state index is 0.00931. The average Bonchev–Trinajstić information content (AvgIpc) is 3.19. The van der Waals surface area contributed by atoms with Crippen LogP contribution >= 0.6 is 0 Å². The largest absolute Gasteiger partial charge is 0.376 e. The quantitative estimate of drug-likeness (QED) is 0.883. The number of carbonyl (C=O) groups is 2. The van der Waals surface area contributed by atoms with Crippen LogP contribution in [0.3, 0.4) is 0 Å². The summed E-state index contributed by atoms with van der Waals surface area (Å²) in [4.78, 5) is 30.5. The lowest BCUT2D eigenvalue weighted by Crippen LogP contribution is -2.44. The van der Waals surface area contributed by atoms with E-state index in [0.717, 1.165) is 25.1 Å². The van der Waals surface area contributed by atoms with Gasteiger partial charge in [0.15, 0.2) is 0 Å². The van der Waals surface area contributed by atoms with Crippen molar-refractivity contribution >= 4 is 11.8 Å². The first kappa shape index (κ1) is 15.9. The molecule has 0 radical (unpaired) electrons. The minimum Gasteiger partial charge on any atom is -0.376 e. The summed E-state index contributed by atoms with van der Waals surface area (Å²) in [6.45, 7) is 3.66. The fraction of sp³-hybridized carbons (Fsp3) is 0.588. The fourth-order valence-electron chi connectivity index (χ4n) is 3.22. The smallest absolute Gasteiger partial charge is 0.225 e. The Morgan fingerprint density at radius 3 is 3.09 bits per heavy atom. The van der Waals surface area contributed by atoms with E-state index >= 15 is 0 Å². The zero-order chi connectivity index (χ0) is 16.2. The summed E-state index contributed by atoms with van der Waals surface area (Å²) in [5.41, 5.74) is 0.842. The number of hydrogen-bond acceptors (Lipinski definition) is 4. The zero-order valence-electron chi connectivity index (χ0n) is 13.4. The molecule has 0 bridgehead atoms. The maximum absolute atomic E-state index is 12.4. The lowest BCUT2D eigenvalue weighted by molar-refractivity contribution is -0.129. The van der Waals surface area contributed by atoms with Gasteiger partial charge in [-0.2, -0.15) is 0 Å². The van der Waals surface area contributed by atoms with Gasteiger partial charge >= 0.3 is 0 Å². The summed E-state index contributed by atoms with van der Waals surface area (Å²) < 4.78 is 5.60. The van der Waals surface area contributed by atoms with E-state index in [1.54, 1.807) is 11.1 Å². The molecule has 2 saturated heterocycles. The van der Waals surface area contributed by atoms with E-state index in [9.17, 15) is 9.59 Å². The van der Waals surface area contributed by atoms with Gasteiger partial charge in [-0.1, -0.05) is 6.07 Å². The Balaban J connectivity index is 1.53. The Hall–Kier alpha value is -1.95. The van der Waals surface area contributed by atoms with Crippen LogP contribution in [-0.4, -0.2) is 47.0 Å². The van der Waals surface area contributed by atoms with Crippen LogP contribution in [0.5, 0.6) is 0 Å². The van der Waals surface area contributed by atoms with E-state index in [2.05, 4.69) is 10.3 Å². The van der Waals surface area contributed by atoms with E-state index < -0.39 is 0 Å². The van der Waals surface area contributed by atoms with Gasteiger partial charge < -0.3 is 15.0 Å². The molecule has 0 unspecified atom stereocenters. The Morgan fingerprint density at radius 1 is 1.52 bits per heavy atom. The van der Waals surface area contributed by atoms with Gasteiger partial charge in [0.1, 0.15) is 0 Å². The summed E-state index contributed by atoms with van der Waals surface area (Å²) in [5.74, 6) is -0.319. The highest BCUT2D eigenvalue weighted by Crippen LogP contribution is 2.21. The molecular weight excluding hydrogens is 294 g/mol. The SMILES string of the molecule is C[C@H](NC(=O)[C@H]1CC(=O)N(Cc2ccccn2)C1)[C@H]1CCCO1. The fourth-order valence-corrected chi connectivity index (χ4v) is 3.22. The molecule has 2 aliphatic heterocycles. The molecule has 0 saturated carbocycles. The highest BCUT2D eigenvalue weighted by molar-refractivity contribution is 5.89. The number of pyridine rings is 1. The van der Waals surface area contributed by atoms with Crippen molar-refractivity contribution in [3.05, 3.63) is 30.1 Å². The van der Waals surface area contributed by atoms with Crippen LogP contribution in [0, 0.1) is 5.92 Å². The summed E-state index contributed by atoms with van der Waals surface area (Å²) >= 11 is 0. The van der Waals surface area contributed by atoms with Crippen LogP contribution in [0.1, 0.15) is 31.9 Å². The van der Waals surface area contributed by atoms with Crippen molar-refractivity contribution in [3.8, 4) is 0 Å². The van der Waals surface area contributed by atoms with Crippen LogP contribution in [-0.2, 0) is 20.9 Å². The van der Waals surface area contributed by atoms with Crippen LogP contribution < -0.4 is 5.32 Å². The number of ether oxygens (including phenoxy) is 1. The summed E-state index contributed by atoms with van der Waals surface area (Å²) in [5, 5.41) is 3.01. The molecule has 3 atom stereocenters. The summed E-state index contributed by atoms with van der Waals surface area (Å²) in [6.07, 6.45) is 4.11. The van der Waals surface area contributed by atoms with Crippen molar-refractivity contribution in [2.45, 2.75) is 44.9 Å². The minimum atomic E-state index is -0.282. The van der Waals surface area contributed by atoms with Gasteiger partial charge in [-0.3, -0.25) is 14.6 Å². The van der Waals surface area contributed by atoms with Crippen molar-refractivity contribution in [3.63, 3.8) is 0 Å². The first-order chi connectivity index (χ1) is 11.1. The van der Waals surface area contributed by atoms with E-state index in [1.807, 2.05) is 25.1 Å². The lowest BCUT2D eigenvalue weighted by atomic mass is 10.1. The molecule has 1 N–H and O–H groups in total. The molecule has 1 aromatic rings. The predicted octanol–water partition coefficient (Wildman–Crippen LogP) is 1.11. The second kappa shape index (κ2) is 7.08. The van der Waals surface area contributed by atoms with Crippen molar-refractivity contribution in [1.29, 1.82) is 0 Å². The number of nitrogens with zero attached hydrogens (tertiary/aromatic N) is 2. The Bertz CT molecular complexity index is 557. The third kappa shape index (κ3) is 3.88. The number of carbonyl (C=O) groups excluding carboxylic acids is 2. The summed E-state index contributed by atoms with van der Waals surface area (Å²) in [6, 6.07) is 5.62. The van der Waals surface area contributed by atoms with Gasteiger partial charge in [-0.25, -0.2) is 0 Å². The normalized spacial score (nSPS) is 25.6. The van der Waals surface area contributed by atoms with E-state index in [1.165, 1.54) is 0 Å². The van der Waals surface area contributed by atoms with Crippen LogP contribution in [0.25, 0.3) is 0 Å². The molecular formula is C17H23N3O3. The van der Waals surface area contributed by atoms with Gasteiger partial charge in [-0.15, -0.1) is 0 Å². The van der Waals surface area contributed by atoms with Gasteiger partial charge in [0.2, 0.25) is 11.8 Å². The van der Waals surface area contributed by atoms with E-state index in [-0.39, 0.29) is 36.3 Å². The van der Waals surface area contributed by atoms with Gasteiger partial charge in [0.25, 0.3) is 0 Å². The van der Waals surface area contributed by atoms with E-state index in [4.69, 9.17) is 4.74 Å². The second-order valence-corrected chi connectivity index (χ2v) is 6.35. The predicted molar refractivity (Wildman–Crippen MR) is 84.3 cm³/mol. The van der Waals surface area contributed by atoms with Gasteiger partial charge in [-0.05, 0) is 31.9 Å². The molecule has 2 fully saturated rings. The number of rotatable bonds is 5. The highest BCUT2D eigenvalue weighted by atomic mass is 16.5. The molecule has 6 heteroatoms. The topological polar surface area (TPSA) is 71.5 Å². The molecule has 0 aromatic carbocycles. The van der Waals surface area contributed by atoms with Crippen LogP contribution in [0.2, 0.25) is 0 Å². The molecule has 0 aliphatic carbocycles. The molecule has 3 rings (SSSR count). The highest BCUT2D eigenvalue weighted by Gasteiger charge is 2.35. The first-order valence-electron chi connectivity index (χ1n) is 8.23. The molecule has 6 nitrogen and oxygen atoms in total. The van der Waals surface area contributed by atoms with Crippen molar-refractivity contribution in [1.82, 2.24) is 15.2 Å². The molecule has 23 heavy (non-hydrogen) atoms. The Morgan fingerprint density at radius 2 is 2.39 bits per heavy atom. The molecule has 1 aromatic heterocycles. The number of hydrogen-bond donors (Lipinski definition) is 1. The molecule has 124 valence electrons. The Kier molecular flexibility index (Phi) is 4.91. The standard InChI is InChI=1S/C17H23N3O3/c1-12(15-6-4-8-23-15)19-17(22)13-9-16(21)20(10-13)11-14-5-2-3-7-18-14/h2-3,5,7,12-13,15H,4,6,8-11H2,1H3,(H,19,22)/t12-,13-,15+/m0/s1. The first-order valence-corrected chi connectivity index (χ1v) is 8.23. The summed E-state index contributed by atoms with van der Waals surface area (Å²) in [7, 11) is 0. The van der Waals surface area contributed by atoms with Crippen LogP contribution in [0.15, 0.2) is 24.4 Å². The third-order valence-electron chi connectivity index (χ3n) is 4.56. The van der Waals surface area contributed by atoms with Gasteiger partial charge in [0, 0.05) is 25.8 Å². The third-order valence-corrected chi connectivity index (χ3v) is 4.56. The lowest BCUT2D eigenvalue weighted by Gasteiger charge is -2.22. The molecule has 0 spiro atoms.